The first-order valence-corrected chi connectivity index (χ1v) is 5.71. The van der Waals surface area contributed by atoms with Gasteiger partial charge in [-0.2, -0.15) is 13.2 Å². The molecule has 19 heavy (non-hydrogen) atoms. The molecule has 0 atom stereocenters. The van der Waals surface area contributed by atoms with Gasteiger partial charge in [-0.15, -0.1) is 0 Å². The van der Waals surface area contributed by atoms with E-state index in [4.69, 9.17) is 0 Å². The largest absolute Gasteiger partial charge is 0.449 e. The van der Waals surface area contributed by atoms with Crippen molar-refractivity contribution in [3.8, 4) is 0 Å². The Kier molecular flexibility index (Phi) is 2.91. The van der Waals surface area contributed by atoms with Crippen LogP contribution in [0.15, 0.2) is 23.0 Å². The maximum Gasteiger partial charge on any atom is 0.449 e. The van der Waals surface area contributed by atoms with Gasteiger partial charge in [0, 0.05) is 0 Å². The third-order valence-corrected chi connectivity index (χ3v) is 2.84. The number of hydrogen-bond donors (Lipinski definition) is 1. The van der Waals surface area contributed by atoms with Crippen LogP contribution in [0.5, 0.6) is 0 Å². The number of benzene rings is 1. The minimum atomic E-state index is -4.66. The van der Waals surface area contributed by atoms with Gasteiger partial charge in [0.25, 0.3) is 5.56 Å². The summed E-state index contributed by atoms with van der Waals surface area (Å²) < 4.78 is 37.6. The Morgan fingerprint density at radius 2 is 1.79 bits per heavy atom. The fourth-order valence-corrected chi connectivity index (χ4v) is 1.74. The van der Waals surface area contributed by atoms with E-state index in [9.17, 15) is 18.0 Å². The van der Waals surface area contributed by atoms with Crippen molar-refractivity contribution in [2.24, 2.45) is 0 Å². The number of hydrogen-bond acceptors (Lipinski definition) is 2. The number of alkyl halides is 3. The Balaban J connectivity index is 2.71. The van der Waals surface area contributed by atoms with Gasteiger partial charge < -0.3 is 4.98 Å². The van der Waals surface area contributed by atoms with Crippen LogP contribution >= 0.6 is 0 Å². The molecule has 102 valence electrons. The lowest BCUT2D eigenvalue weighted by atomic mass is 9.86. The summed E-state index contributed by atoms with van der Waals surface area (Å²) >= 11 is 0. The maximum absolute atomic E-state index is 12.5. The molecule has 0 saturated heterocycles. The normalized spacial score (nSPS) is 12.9. The van der Waals surface area contributed by atoms with E-state index < -0.39 is 17.6 Å². The molecule has 2 aromatic rings. The van der Waals surface area contributed by atoms with Crippen LogP contribution in [0.4, 0.5) is 13.2 Å². The number of halogens is 3. The molecule has 0 radical (unpaired) electrons. The van der Waals surface area contributed by atoms with E-state index in [1.165, 1.54) is 6.07 Å². The Labute approximate surface area is 107 Å². The third-order valence-electron chi connectivity index (χ3n) is 2.84. The molecular formula is C13H13F3N2O. The van der Waals surface area contributed by atoms with Crippen molar-refractivity contribution in [3.63, 3.8) is 0 Å². The van der Waals surface area contributed by atoms with Crippen LogP contribution in [0.3, 0.4) is 0 Å². The minimum Gasteiger partial charge on any atom is -0.302 e. The highest BCUT2D eigenvalue weighted by Gasteiger charge is 2.34. The highest BCUT2D eigenvalue weighted by Crippen LogP contribution is 2.28. The summed E-state index contributed by atoms with van der Waals surface area (Å²) in [6.07, 6.45) is -4.66. The Morgan fingerprint density at radius 1 is 1.16 bits per heavy atom. The number of H-pyrrole nitrogens is 1. The topological polar surface area (TPSA) is 45.8 Å². The molecule has 0 saturated carbocycles. The summed E-state index contributed by atoms with van der Waals surface area (Å²) in [5, 5.41) is 0.167. The van der Waals surface area contributed by atoms with E-state index >= 15 is 0 Å². The molecule has 0 aliphatic heterocycles. The van der Waals surface area contributed by atoms with Gasteiger partial charge in [-0.05, 0) is 23.1 Å². The number of rotatable bonds is 0. The molecule has 0 unspecified atom stereocenters. The van der Waals surface area contributed by atoms with Gasteiger partial charge in [0.1, 0.15) is 0 Å². The number of aromatic amines is 1. The van der Waals surface area contributed by atoms with Crippen molar-refractivity contribution in [1.82, 2.24) is 9.97 Å². The lowest BCUT2D eigenvalue weighted by Crippen LogP contribution is -2.20. The van der Waals surface area contributed by atoms with Gasteiger partial charge in [-0.1, -0.05) is 26.8 Å². The van der Waals surface area contributed by atoms with Crippen LogP contribution < -0.4 is 5.56 Å². The zero-order valence-electron chi connectivity index (χ0n) is 10.7. The van der Waals surface area contributed by atoms with Crippen molar-refractivity contribution in [2.75, 3.05) is 0 Å². The van der Waals surface area contributed by atoms with E-state index in [2.05, 4.69) is 4.98 Å². The standard InChI is InChI=1S/C13H13F3N2O/c1-12(2,3)7-4-5-9-8(6-7)10(19)18-11(17-9)13(14,15)16/h4-6H,1-3H3,(H,17,18,19). The summed E-state index contributed by atoms with van der Waals surface area (Å²) in [5.74, 6) is -1.27. The molecule has 0 fully saturated rings. The average Bonchev–Trinajstić information content (AvgIpc) is 2.26. The summed E-state index contributed by atoms with van der Waals surface area (Å²) in [6, 6.07) is 4.72. The zero-order valence-corrected chi connectivity index (χ0v) is 10.7. The van der Waals surface area contributed by atoms with E-state index in [1.54, 1.807) is 17.1 Å². The smallest absolute Gasteiger partial charge is 0.302 e. The SMILES string of the molecule is CC(C)(C)c1ccc2nc(C(F)(F)F)[nH]c(=O)c2c1. The summed E-state index contributed by atoms with van der Waals surface area (Å²) in [6.45, 7) is 5.87. The fourth-order valence-electron chi connectivity index (χ4n) is 1.74. The van der Waals surface area contributed by atoms with Crippen molar-refractivity contribution >= 4 is 10.9 Å². The number of aromatic nitrogens is 2. The predicted octanol–water partition coefficient (Wildman–Crippen LogP) is 3.24. The van der Waals surface area contributed by atoms with Gasteiger partial charge in [-0.3, -0.25) is 4.79 Å². The molecule has 1 aromatic carbocycles. The molecule has 0 amide bonds. The summed E-state index contributed by atoms with van der Waals surface area (Å²) in [5.41, 5.74) is -0.0527. The lowest BCUT2D eigenvalue weighted by Gasteiger charge is -2.19. The second kappa shape index (κ2) is 4.08. The zero-order chi connectivity index (χ0) is 14.4. The summed E-state index contributed by atoms with van der Waals surface area (Å²) in [4.78, 5) is 17.0. The second-order valence-corrected chi connectivity index (χ2v) is 5.39. The third kappa shape index (κ3) is 2.62. The molecule has 6 heteroatoms. The van der Waals surface area contributed by atoms with Crippen molar-refractivity contribution < 1.29 is 13.2 Å². The Morgan fingerprint density at radius 3 is 2.32 bits per heavy atom. The van der Waals surface area contributed by atoms with Crippen molar-refractivity contribution in [1.29, 1.82) is 0 Å². The number of nitrogens with zero attached hydrogens (tertiary/aromatic N) is 1. The van der Waals surface area contributed by atoms with Gasteiger partial charge in [0.05, 0.1) is 10.9 Å². The van der Waals surface area contributed by atoms with Crippen LogP contribution in [0.2, 0.25) is 0 Å². The van der Waals surface area contributed by atoms with Gasteiger partial charge in [0.15, 0.2) is 0 Å². The molecule has 1 aromatic heterocycles. The van der Waals surface area contributed by atoms with Crippen molar-refractivity contribution in [3.05, 3.63) is 39.9 Å². The van der Waals surface area contributed by atoms with Crippen LogP contribution in [0, 0.1) is 0 Å². The van der Waals surface area contributed by atoms with Crippen LogP contribution in [0.25, 0.3) is 10.9 Å². The van der Waals surface area contributed by atoms with Gasteiger partial charge in [-0.25, -0.2) is 4.98 Å². The first-order chi connectivity index (χ1) is 8.59. The molecule has 0 aliphatic rings. The van der Waals surface area contributed by atoms with Crippen LogP contribution in [-0.2, 0) is 11.6 Å². The monoisotopic (exact) mass is 270 g/mol. The van der Waals surface area contributed by atoms with Crippen molar-refractivity contribution in [2.45, 2.75) is 32.4 Å². The quantitative estimate of drug-likeness (QED) is 0.798. The highest BCUT2D eigenvalue weighted by atomic mass is 19.4. The van der Waals surface area contributed by atoms with E-state index in [1.807, 2.05) is 20.8 Å². The van der Waals surface area contributed by atoms with Crippen LogP contribution in [0.1, 0.15) is 32.2 Å². The second-order valence-electron chi connectivity index (χ2n) is 5.39. The molecule has 1 N–H and O–H groups in total. The van der Waals surface area contributed by atoms with E-state index in [0.717, 1.165) is 5.56 Å². The number of nitrogens with one attached hydrogen (secondary N) is 1. The molecule has 3 nitrogen and oxygen atoms in total. The van der Waals surface area contributed by atoms with Gasteiger partial charge in [0.2, 0.25) is 5.82 Å². The molecule has 0 spiro atoms. The number of fused-ring (bicyclic) bond motifs is 1. The first kappa shape index (κ1) is 13.6. The molecule has 0 bridgehead atoms. The fraction of sp³-hybridized carbons (Fsp3) is 0.385. The predicted molar refractivity (Wildman–Crippen MR) is 66.1 cm³/mol. The first-order valence-electron chi connectivity index (χ1n) is 5.71. The average molecular weight is 270 g/mol. The highest BCUT2D eigenvalue weighted by molar-refractivity contribution is 5.78. The summed E-state index contributed by atoms with van der Waals surface area (Å²) in [7, 11) is 0. The van der Waals surface area contributed by atoms with E-state index in [0.29, 0.717) is 0 Å². The minimum absolute atomic E-state index is 0.0454. The Bertz CT molecular complexity index is 681. The van der Waals surface area contributed by atoms with Gasteiger partial charge >= 0.3 is 6.18 Å². The molecule has 2 rings (SSSR count). The maximum atomic E-state index is 12.5. The molecule has 1 heterocycles. The Hall–Kier alpha value is -1.85. The van der Waals surface area contributed by atoms with Crippen LogP contribution in [-0.4, -0.2) is 9.97 Å². The lowest BCUT2D eigenvalue weighted by molar-refractivity contribution is -0.144. The molecular weight excluding hydrogens is 257 g/mol. The molecule has 0 aliphatic carbocycles. The van der Waals surface area contributed by atoms with E-state index in [-0.39, 0.29) is 16.3 Å².